The highest BCUT2D eigenvalue weighted by molar-refractivity contribution is 6.00. The van der Waals surface area contributed by atoms with Crippen LogP contribution < -0.4 is 10.6 Å². The molecule has 3 atom stereocenters. The third-order valence-corrected chi connectivity index (χ3v) is 7.72. The highest BCUT2D eigenvalue weighted by Gasteiger charge is 2.32. The van der Waals surface area contributed by atoms with Crippen molar-refractivity contribution in [3.05, 3.63) is 107 Å². The number of likely N-dealkylation sites (tertiary alicyclic amines) is 1. The van der Waals surface area contributed by atoms with Gasteiger partial charge in [-0.25, -0.2) is 0 Å². The average Bonchev–Trinajstić information content (AvgIpc) is 3.47. The Morgan fingerprint density at radius 2 is 1.64 bits per heavy atom. The highest BCUT2D eigenvalue weighted by atomic mass is 19.4. The van der Waals surface area contributed by atoms with Gasteiger partial charge in [0.1, 0.15) is 0 Å². The van der Waals surface area contributed by atoms with Crippen LogP contribution in [0.15, 0.2) is 78.9 Å². The predicted molar refractivity (Wildman–Crippen MR) is 156 cm³/mol. The van der Waals surface area contributed by atoms with Gasteiger partial charge in [0.25, 0.3) is 11.8 Å². The molecule has 3 aromatic carbocycles. The quantitative estimate of drug-likeness (QED) is 0.281. The van der Waals surface area contributed by atoms with Crippen LogP contribution in [0.5, 0.6) is 0 Å². The maximum atomic E-state index is 13.4. The van der Waals surface area contributed by atoms with E-state index in [2.05, 4.69) is 24.5 Å². The van der Waals surface area contributed by atoms with Crippen LogP contribution >= 0.6 is 0 Å². The lowest BCUT2D eigenvalue weighted by atomic mass is 9.99. The van der Waals surface area contributed by atoms with Crippen LogP contribution in [0.3, 0.4) is 0 Å². The minimum absolute atomic E-state index is 0.0398. The number of nitrogens with zero attached hydrogens (tertiary/aromatic N) is 1. The Bertz CT molecular complexity index is 1350. The highest BCUT2D eigenvalue weighted by Crippen LogP contribution is 2.29. The summed E-state index contributed by atoms with van der Waals surface area (Å²) in [5.74, 6) is -0.185. The molecule has 6 nitrogen and oxygen atoms in total. The summed E-state index contributed by atoms with van der Waals surface area (Å²) in [4.78, 5) is 28.6. The van der Waals surface area contributed by atoms with Gasteiger partial charge in [0.05, 0.1) is 17.7 Å². The van der Waals surface area contributed by atoms with Crippen LogP contribution in [0.25, 0.3) is 0 Å². The van der Waals surface area contributed by atoms with E-state index in [1.54, 1.807) is 30.3 Å². The summed E-state index contributed by atoms with van der Waals surface area (Å²) in [6, 6.07) is 20.5. The van der Waals surface area contributed by atoms with Gasteiger partial charge >= 0.3 is 6.18 Å². The molecule has 1 aliphatic rings. The normalized spacial score (nSPS) is 16.8. The van der Waals surface area contributed by atoms with Crippen LogP contribution in [-0.4, -0.2) is 53.1 Å². The molecule has 1 fully saturated rings. The Balaban J connectivity index is 1.44. The lowest BCUT2D eigenvalue weighted by Crippen LogP contribution is -2.48. The lowest BCUT2D eigenvalue weighted by Gasteiger charge is -2.28. The van der Waals surface area contributed by atoms with Gasteiger partial charge in [-0.05, 0) is 60.6 Å². The van der Waals surface area contributed by atoms with E-state index in [9.17, 15) is 27.9 Å². The number of rotatable bonds is 11. The third kappa shape index (κ3) is 8.20. The zero-order valence-corrected chi connectivity index (χ0v) is 23.9. The summed E-state index contributed by atoms with van der Waals surface area (Å²) in [7, 11) is 0. The van der Waals surface area contributed by atoms with E-state index in [4.69, 9.17) is 0 Å². The van der Waals surface area contributed by atoms with E-state index >= 15 is 0 Å². The van der Waals surface area contributed by atoms with E-state index in [1.807, 2.05) is 35.2 Å². The van der Waals surface area contributed by atoms with Crippen molar-refractivity contribution < 1.29 is 27.9 Å². The number of benzene rings is 3. The van der Waals surface area contributed by atoms with Gasteiger partial charge in [-0.1, -0.05) is 68.4 Å². The van der Waals surface area contributed by atoms with Crippen molar-refractivity contribution >= 4 is 11.8 Å². The van der Waals surface area contributed by atoms with Crippen LogP contribution in [0.4, 0.5) is 13.2 Å². The molecule has 0 aromatic heterocycles. The van der Waals surface area contributed by atoms with Crippen LogP contribution in [-0.2, 0) is 19.1 Å². The fourth-order valence-corrected chi connectivity index (χ4v) is 5.46. The van der Waals surface area contributed by atoms with Gasteiger partial charge in [-0.2, -0.15) is 13.2 Å². The van der Waals surface area contributed by atoms with Gasteiger partial charge in [-0.15, -0.1) is 0 Å². The Morgan fingerprint density at radius 3 is 2.36 bits per heavy atom. The van der Waals surface area contributed by atoms with Gasteiger partial charge in [0, 0.05) is 36.8 Å². The van der Waals surface area contributed by atoms with E-state index in [1.165, 1.54) is 6.07 Å². The fourth-order valence-electron chi connectivity index (χ4n) is 5.46. The van der Waals surface area contributed by atoms with E-state index in [-0.39, 0.29) is 25.0 Å². The van der Waals surface area contributed by atoms with Gasteiger partial charge in [0.2, 0.25) is 0 Å². The van der Waals surface area contributed by atoms with Crippen molar-refractivity contribution in [2.24, 2.45) is 5.92 Å². The molecule has 3 unspecified atom stereocenters. The fraction of sp³-hybridized carbons (Fsp3) is 0.394. The summed E-state index contributed by atoms with van der Waals surface area (Å²) >= 11 is 0. The Morgan fingerprint density at radius 1 is 0.952 bits per heavy atom. The number of nitrogens with one attached hydrogen (secondary N) is 2. The predicted octanol–water partition coefficient (Wildman–Crippen LogP) is 5.46. The number of carbonyl (C=O) groups excluding carboxylic acids is 2. The molecule has 2 amide bonds. The molecule has 0 radical (unpaired) electrons. The molecular weight excluding hydrogens is 543 g/mol. The average molecular weight is 582 g/mol. The molecule has 3 N–H and O–H groups in total. The van der Waals surface area contributed by atoms with Crippen molar-refractivity contribution in [3.8, 4) is 0 Å². The lowest BCUT2D eigenvalue weighted by molar-refractivity contribution is -0.137. The van der Waals surface area contributed by atoms with Crippen molar-refractivity contribution in [3.63, 3.8) is 0 Å². The number of alkyl halides is 3. The molecule has 1 saturated heterocycles. The molecule has 42 heavy (non-hydrogen) atoms. The third-order valence-electron chi connectivity index (χ3n) is 7.72. The number of halogens is 3. The molecule has 224 valence electrons. The molecule has 1 heterocycles. The molecule has 0 aliphatic carbocycles. The number of hydrogen-bond donors (Lipinski definition) is 3. The second-order valence-electron chi connectivity index (χ2n) is 11.2. The van der Waals surface area contributed by atoms with E-state index in [0.29, 0.717) is 35.6 Å². The Labute approximate surface area is 244 Å². The largest absolute Gasteiger partial charge is 0.416 e. The first-order valence-corrected chi connectivity index (χ1v) is 14.3. The number of carbonyl (C=O) groups is 2. The minimum atomic E-state index is -4.44. The van der Waals surface area contributed by atoms with Gasteiger partial charge < -0.3 is 20.6 Å². The number of aliphatic hydroxyl groups is 1. The zero-order chi connectivity index (χ0) is 30.3. The van der Waals surface area contributed by atoms with Crippen LogP contribution in [0, 0.1) is 5.92 Å². The van der Waals surface area contributed by atoms with Gasteiger partial charge in [-0.3, -0.25) is 9.59 Å². The maximum absolute atomic E-state index is 13.4. The molecular formula is C33H38F3N3O3. The second-order valence-corrected chi connectivity index (χ2v) is 11.2. The molecule has 9 heteroatoms. The zero-order valence-electron chi connectivity index (χ0n) is 23.9. The first kappa shape index (κ1) is 31.3. The molecule has 1 aliphatic heterocycles. The monoisotopic (exact) mass is 581 g/mol. The number of amides is 2. The number of hydrogen-bond acceptors (Lipinski definition) is 4. The molecule has 0 saturated carbocycles. The minimum Gasteiger partial charge on any atom is -0.390 e. The van der Waals surface area contributed by atoms with Crippen molar-refractivity contribution in [2.45, 2.75) is 64.0 Å². The first-order valence-electron chi connectivity index (χ1n) is 14.3. The standard InChI is InChI=1S/C33H38F3N3O3/c1-22(2)29-15-8-16-39(29)32(42)26-13-7-12-25(19-26)31(41)38-28(18-23-9-4-3-5-10-23)30(40)21-37-20-24-11-6-14-27(17-24)33(34,35)36/h3-7,9-14,17,19,22,28-30,37,40H,8,15-16,18,20-21H2,1-2H3,(H,38,41). The van der Waals surface area contributed by atoms with Crippen molar-refractivity contribution in [1.82, 2.24) is 15.5 Å². The summed E-state index contributed by atoms with van der Waals surface area (Å²) in [5.41, 5.74) is 1.35. The maximum Gasteiger partial charge on any atom is 0.416 e. The summed E-state index contributed by atoms with van der Waals surface area (Å²) in [5, 5.41) is 17.0. The second kappa shape index (κ2) is 14.0. The SMILES string of the molecule is CC(C)C1CCCN1C(=O)c1cccc(C(=O)NC(Cc2ccccc2)C(O)CNCc2cccc(C(F)(F)F)c2)c1. The van der Waals surface area contributed by atoms with Gasteiger partial charge in [0.15, 0.2) is 0 Å². The smallest absolute Gasteiger partial charge is 0.390 e. The molecule has 0 spiro atoms. The van der Waals surface area contributed by atoms with Crippen LogP contribution in [0.2, 0.25) is 0 Å². The first-order chi connectivity index (χ1) is 20.0. The van der Waals surface area contributed by atoms with Crippen molar-refractivity contribution in [1.29, 1.82) is 0 Å². The summed E-state index contributed by atoms with van der Waals surface area (Å²) in [6.07, 6.45) is -3.23. The molecule has 3 aromatic rings. The number of aliphatic hydroxyl groups excluding tert-OH is 1. The van der Waals surface area contributed by atoms with Crippen LogP contribution in [0.1, 0.15) is 64.1 Å². The Kier molecular flexibility index (Phi) is 10.4. The summed E-state index contributed by atoms with van der Waals surface area (Å²) in [6.45, 7) is 5.06. The van der Waals surface area contributed by atoms with E-state index in [0.717, 1.165) is 30.5 Å². The topological polar surface area (TPSA) is 81.7 Å². The molecule has 0 bridgehead atoms. The van der Waals surface area contributed by atoms with Crippen molar-refractivity contribution in [2.75, 3.05) is 13.1 Å². The summed E-state index contributed by atoms with van der Waals surface area (Å²) < 4.78 is 39.2. The Hall–Kier alpha value is -3.69. The van der Waals surface area contributed by atoms with E-state index < -0.39 is 29.8 Å². The molecule has 4 rings (SSSR count).